The monoisotopic (exact) mass is 440 g/mol. The number of hydrogen-bond acceptors (Lipinski definition) is 6. The van der Waals surface area contributed by atoms with Crippen LogP contribution in [0.25, 0.3) is 11.3 Å². The number of ether oxygens (including phenoxy) is 1. The van der Waals surface area contributed by atoms with Crippen molar-refractivity contribution in [2.75, 3.05) is 5.32 Å². The van der Waals surface area contributed by atoms with Crippen molar-refractivity contribution in [2.24, 2.45) is 5.73 Å². The van der Waals surface area contributed by atoms with Crippen LogP contribution in [0.15, 0.2) is 48.5 Å². The van der Waals surface area contributed by atoms with Gasteiger partial charge in [-0.25, -0.2) is 8.78 Å². The molecule has 0 fully saturated rings. The third-order valence-electron chi connectivity index (χ3n) is 4.25. The lowest BCUT2D eigenvalue weighted by Gasteiger charge is -2.19. The Morgan fingerprint density at radius 3 is 2.22 bits per heavy atom. The maximum absolute atomic E-state index is 14.1. The van der Waals surface area contributed by atoms with Gasteiger partial charge in [-0.3, -0.25) is 9.59 Å². The highest BCUT2D eigenvalue weighted by Gasteiger charge is 2.19. The molecular formula is C23H22F2N4O3. The molecule has 1 heterocycles. The van der Waals surface area contributed by atoms with E-state index in [1.165, 1.54) is 12.1 Å². The molecule has 3 N–H and O–H groups in total. The highest BCUT2D eigenvalue weighted by Crippen LogP contribution is 2.28. The van der Waals surface area contributed by atoms with E-state index in [0.717, 1.165) is 17.7 Å². The second-order valence-electron chi connectivity index (χ2n) is 8.04. The molecule has 0 saturated carbocycles. The van der Waals surface area contributed by atoms with Crippen LogP contribution in [0, 0.1) is 11.6 Å². The molecule has 0 aliphatic carbocycles. The molecule has 0 aliphatic heterocycles. The van der Waals surface area contributed by atoms with Crippen molar-refractivity contribution in [3.63, 3.8) is 0 Å². The van der Waals surface area contributed by atoms with Gasteiger partial charge in [0.2, 0.25) is 0 Å². The second kappa shape index (κ2) is 9.09. The number of primary amides is 1. The van der Waals surface area contributed by atoms with Gasteiger partial charge in [0, 0.05) is 5.69 Å². The van der Waals surface area contributed by atoms with E-state index in [0.29, 0.717) is 5.69 Å². The topological polar surface area (TPSA) is 107 Å². The average Bonchev–Trinajstić information content (AvgIpc) is 2.68. The summed E-state index contributed by atoms with van der Waals surface area (Å²) in [7, 11) is 0. The minimum atomic E-state index is -0.859. The van der Waals surface area contributed by atoms with Gasteiger partial charge < -0.3 is 15.8 Å². The molecular weight excluding hydrogens is 418 g/mol. The molecule has 0 aliphatic rings. The number of anilines is 2. The van der Waals surface area contributed by atoms with Crippen molar-refractivity contribution >= 4 is 23.3 Å². The van der Waals surface area contributed by atoms with Crippen LogP contribution >= 0.6 is 0 Å². The summed E-state index contributed by atoms with van der Waals surface area (Å²) in [5.41, 5.74) is 5.52. The lowest BCUT2D eigenvalue weighted by molar-refractivity contribution is -0.153. The molecule has 1 amide bonds. The van der Waals surface area contributed by atoms with Gasteiger partial charge in [-0.2, -0.15) is 0 Å². The third kappa shape index (κ3) is 5.63. The molecule has 1 aromatic heterocycles. The summed E-state index contributed by atoms with van der Waals surface area (Å²) in [4.78, 5) is 23.7. The van der Waals surface area contributed by atoms with Crippen molar-refractivity contribution in [3.8, 4) is 11.3 Å². The zero-order valence-corrected chi connectivity index (χ0v) is 17.8. The Bertz CT molecular complexity index is 1140. The third-order valence-corrected chi connectivity index (χ3v) is 4.25. The first-order chi connectivity index (χ1) is 15.0. The van der Waals surface area contributed by atoms with Gasteiger partial charge >= 0.3 is 5.97 Å². The molecule has 9 heteroatoms. The minimum Gasteiger partial charge on any atom is -0.460 e. The maximum atomic E-state index is 14.1. The van der Waals surface area contributed by atoms with Gasteiger partial charge in [0.1, 0.15) is 22.9 Å². The number of carbonyl (C=O) groups is 2. The van der Waals surface area contributed by atoms with E-state index in [-0.39, 0.29) is 35.0 Å². The largest absolute Gasteiger partial charge is 0.460 e. The summed E-state index contributed by atoms with van der Waals surface area (Å²) in [6.07, 6.45) is 0.0948. The summed E-state index contributed by atoms with van der Waals surface area (Å²) in [5, 5.41) is 10.4. The first kappa shape index (κ1) is 22.8. The van der Waals surface area contributed by atoms with E-state index in [2.05, 4.69) is 15.5 Å². The SMILES string of the molecule is CC(C)(C)OC(=O)Cc1ccc(Nc2cc(-c3c(F)cccc3F)nnc2C(N)=O)cc1. The summed E-state index contributed by atoms with van der Waals surface area (Å²) in [5.74, 6) is -2.85. The number of rotatable bonds is 6. The summed E-state index contributed by atoms with van der Waals surface area (Å²) in [6, 6.07) is 11.5. The number of benzene rings is 2. The highest BCUT2D eigenvalue weighted by molar-refractivity contribution is 5.97. The number of amides is 1. The quantitative estimate of drug-likeness (QED) is 0.558. The molecule has 0 spiro atoms. The number of nitrogens with two attached hydrogens (primary N) is 1. The van der Waals surface area contributed by atoms with Crippen LogP contribution in [0.5, 0.6) is 0 Å². The van der Waals surface area contributed by atoms with Gasteiger partial charge in [-0.15, -0.1) is 10.2 Å². The van der Waals surface area contributed by atoms with Crippen LogP contribution in [0.2, 0.25) is 0 Å². The van der Waals surface area contributed by atoms with Crippen LogP contribution in [-0.2, 0) is 16.0 Å². The molecule has 0 atom stereocenters. The zero-order chi connectivity index (χ0) is 23.5. The minimum absolute atomic E-state index is 0.0948. The molecule has 3 rings (SSSR count). The number of nitrogens with one attached hydrogen (secondary N) is 1. The van der Waals surface area contributed by atoms with Crippen molar-refractivity contribution in [2.45, 2.75) is 32.8 Å². The predicted molar refractivity (Wildman–Crippen MR) is 115 cm³/mol. The van der Waals surface area contributed by atoms with E-state index in [9.17, 15) is 18.4 Å². The normalized spacial score (nSPS) is 11.2. The van der Waals surface area contributed by atoms with E-state index in [1.54, 1.807) is 45.0 Å². The summed E-state index contributed by atoms with van der Waals surface area (Å²) >= 11 is 0. The molecule has 3 aromatic rings. The molecule has 0 saturated heterocycles. The first-order valence-corrected chi connectivity index (χ1v) is 9.73. The van der Waals surface area contributed by atoms with E-state index in [1.807, 2.05) is 0 Å². The molecule has 7 nitrogen and oxygen atoms in total. The molecule has 166 valence electrons. The van der Waals surface area contributed by atoms with E-state index in [4.69, 9.17) is 10.5 Å². The van der Waals surface area contributed by atoms with Crippen LogP contribution in [0.3, 0.4) is 0 Å². The van der Waals surface area contributed by atoms with Crippen molar-refractivity contribution < 1.29 is 23.1 Å². The number of carbonyl (C=O) groups excluding carboxylic acids is 2. The highest BCUT2D eigenvalue weighted by atomic mass is 19.1. The number of halogens is 2. The fourth-order valence-electron chi connectivity index (χ4n) is 2.94. The Balaban J connectivity index is 1.86. The van der Waals surface area contributed by atoms with Crippen molar-refractivity contribution in [1.82, 2.24) is 10.2 Å². The van der Waals surface area contributed by atoms with E-state index >= 15 is 0 Å². The molecule has 0 bridgehead atoms. The lowest BCUT2D eigenvalue weighted by Crippen LogP contribution is -2.24. The predicted octanol–water partition coefficient (Wildman–Crippen LogP) is 4.15. The Hall–Kier alpha value is -3.88. The molecule has 32 heavy (non-hydrogen) atoms. The number of hydrogen-bond donors (Lipinski definition) is 2. The zero-order valence-electron chi connectivity index (χ0n) is 17.8. The van der Waals surface area contributed by atoms with Crippen LogP contribution < -0.4 is 11.1 Å². The second-order valence-corrected chi connectivity index (χ2v) is 8.04. The van der Waals surface area contributed by atoms with Gasteiger partial charge in [0.05, 0.1) is 17.7 Å². The Labute approximate surface area is 183 Å². The lowest BCUT2D eigenvalue weighted by atomic mass is 10.1. The fraction of sp³-hybridized carbons (Fsp3) is 0.217. The molecule has 0 radical (unpaired) electrons. The Kier molecular flexibility index (Phi) is 6.47. The van der Waals surface area contributed by atoms with Crippen molar-refractivity contribution in [1.29, 1.82) is 0 Å². The molecule has 2 aromatic carbocycles. The van der Waals surface area contributed by atoms with Gasteiger partial charge in [0.25, 0.3) is 5.91 Å². The average molecular weight is 440 g/mol. The maximum Gasteiger partial charge on any atom is 0.310 e. The first-order valence-electron chi connectivity index (χ1n) is 9.73. The Morgan fingerprint density at radius 1 is 1.03 bits per heavy atom. The fourth-order valence-corrected chi connectivity index (χ4v) is 2.94. The Morgan fingerprint density at radius 2 is 1.66 bits per heavy atom. The van der Waals surface area contributed by atoms with Gasteiger partial charge in [-0.05, 0) is 56.7 Å². The van der Waals surface area contributed by atoms with Gasteiger partial charge in [0.15, 0.2) is 5.69 Å². The van der Waals surface area contributed by atoms with Crippen LogP contribution in [0.1, 0.15) is 36.8 Å². The number of nitrogens with zero attached hydrogens (tertiary/aromatic N) is 2. The van der Waals surface area contributed by atoms with Crippen molar-refractivity contribution in [3.05, 3.63) is 71.4 Å². The van der Waals surface area contributed by atoms with E-state index < -0.39 is 23.1 Å². The smallest absolute Gasteiger partial charge is 0.310 e. The molecule has 0 unspecified atom stereocenters. The standard InChI is InChI=1S/C23H22F2N4O3/c1-23(2,3)32-19(30)11-13-7-9-14(10-8-13)27-18-12-17(28-29-21(18)22(26)31)20-15(24)5-4-6-16(20)25/h4-10,12H,11H2,1-3H3,(H2,26,31)(H,27,28). The number of esters is 1. The van der Waals surface area contributed by atoms with Gasteiger partial charge in [-0.1, -0.05) is 18.2 Å². The van der Waals surface area contributed by atoms with Crippen LogP contribution in [-0.4, -0.2) is 27.7 Å². The summed E-state index contributed by atoms with van der Waals surface area (Å²) < 4.78 is 33.6. The van der Waals surface area contributed by atoms with Crippen LogP contribution in [0.4, 0.5) is 20.2 Å². The number of aromatic nitrogens is 2. The summed E-state index contributed by atoms with van der Waals surface area (Å²) in [6.45, 7) is 5.37.